The Kier molecular flexibility index (Phi) is 2.24. The molecule has 0 aromatic rings. The number of likely N-dealkylation sites (tertiary alicyclic amines) is 1. The zero-order valence-electron chi connectivity index (χ0n) is 9.19. The molecule has 84 valence electrons. The van der Waals surface area contributed by atoms with E-state index in [0.29, 0.717) is 25.4 Å². The van der Waals surface area contributed by atoms with E-state index in [1.807, 2.05) is 0 Å². The summed E-state index contributed by atoms with van der Waals surface area (Å²) >= 11 is 0. The number of aliphatic carboxylic acids is 1. The third kappa shape index (κ3) is 1.73. The van der Waals surface area contributed by atoms with Crippen LogP contribution in [0.4, 0.5) is 0 Å². The first kappa shape index (κ1) is 10.5. The van der Waals surface area contributed by atoms with Gasteiger partial charge >= 0.3 is 5.97 Å². The van der Waals surface area contributed by atoms with Gasteiger partial charge in [-0.25, -0.2) is 0 Å². The van der Waals surface area contributed by atoms with E-state index >= 15 is 0 Å². The second-order valence-corrected chi connectivity index (χ2v) is 5.20. The lowest BCUT2D eigenvalue weighted by Gasteiger charge is -2.20. The lowest BCUT2D eigenvalue weighted by atomic mass is 9.90. The van der Waals surface area contributed by atoms with Gasteiger partial charge in [0.25, 0.3) is 0 Å². The second kappa shape index (κ2) is 3.22. The number of nitrogens with zero attached hydrogens (tertiary/aromatic N) is 1. The highest BCUT2D eigenvalue weighted by atomic mass is 16.4. The Morgan fingerprint density at radius 1 is 1.47 bits per heavy atom. The number of carboxylic acid groups (broad SMARTS) is 1. The molecule has 1 saturated heterocycles. The summed E-state index contributed by atoms with van der Waals surface area (Å²) in [7, 11) is 0. The Bertz CT molecular complexity index is 315. The van der Waals surface area contributed by atoms with E-state index in [-0.39, 0.29) is 11.8 Å². The number of carbonyl (C=O) groups is 2. The Hall–Kier alpha value is -1.06. The fourth-order valence-corrected chi connectivity index (χ4v) is 2.22. The summed E-state index contributed by atoms with van der Waals surface area (Å²) in [6, 6.07) is 0. The normalized spacial score (nSPS) is 39.2. The molecule has 15 heavy (non-hydrogen) atoms. The van der Waals surface area contributed by atoms with Gasteiger partial charge in [-0.3, -0.25) is 9.59 Å². The average molecular weight is 211 g/mol. The van der Waals surface area contributed by atoms with Gasteiger partial charge < -0.3 is 10.0 Å². The lowest BCUT2D eigenvalue weighted by Crippen LogP contribution is -2.35. The summed E-state index contributed by atoms with van der Waals surface area (Å²) in [5.74, 6) is 0.0319. The van der Waals surface area contributed by atoms with Crippen LogP contribution in [0.2, 0.25) is 0 Å². The van der Waals surface area contributed by atoms with Crippen LogP contribution in [-0.2, 0) is 9.59 Å². The SMILES string of the molecule is CC1CC1C(=O)N1CCC(C)(C(=O)O)C1. The van der Waals surface area contributed by atoms with Crippen molar-refractivity contribution in [3.8, 4) is 0 Å². The molecular formula is C11H17NO3. The highest BCUT2D eigenvalue weighted by Crippen LogP contribution is 2.41. The first-order valence-corrected chi connectivity index (χ1v) is 5.46. The van der Waals surface area contributed by atoms with Crippen molar-refractivity contribution in [2.75, 3.05) is 13.1 Å². The summed E-state index contributed by atoms with van der Waals surface area (Å²) in [5.41, 5.74) is -0.728. The predicted octanol–water partition coefficient (Wildman–Crippen LogP) is 0.966. The van der Waals surface area contributed by atoms with Crippen molar-refractivity contribution in [1.82, 2.24) is 4.90 Å². The monoisotopic (exact) mass is 211 g/mol. The van der Waals surface area contributed by atoms with Crippen LogP contribution in [0.1, 0.15) is 26.7 Å². The molecule has 1 heterocycles. The molecule has 0 bridgehead atoms. The van der Waals surface area contributed by atoms with Crippen molar-refractivity contribution in [3.63, 3.8) is 0 Å². The van der Waals surface area contributed by atoms with Gasteiger partial charge in [0, 0.05) is 19.0 Å². The van der Waals surface area contributed by atoms with Crippen molar-refractivity contribution < 1.29 is 14.7 Å². The molecule has 4 heteroatoms. The van der Waals surface area contributed by atoms with E-state index < -0.39 is 11.4 Å². The van der Waals surface area contributed by atoms with Crippen molar-refractivity contribution >= 4 is 11.9 Å². The van der Waals surface area contributed by atoms with Crippen LogP contribution in [0.25, 0.3) is 0 Å². The molecule has 3 unspecified atom stereocenters. The third-order valence-corrected chi connectivity index (χ3v) is 3.73. The van der Waals surface area contributed by atoms with Gasteiger partial charge in [-0.05, 0) is 25.7 Å². The molecule has 0 aromatic carbocycles. The fraction of sp³-hybridized carbons (Fsp3) is 0.818. The van der Waals surface area contributed by atoms with E-state index in [1.54, 1.807) is 11.8 Å². The molecule has 1 aliphatic carbocycles. The van der Waals surface area contributed by atoms with E-state index in [9.17, 15) is 9.59 Å². The Morgan fingerprint density at radius 2 is 2.07 bits per heavy atom. The zero-order chi connectivity index (χ0) is 11.2. The van der Waals surface area contributed by atoms with Crippen LogP contribution < -0.4 is 0 Å². The highest BCUT2D eigenvalue weighted by molar-refractivity contribution is 5.83. The van der Waals surface area contributed by atoms with Crippen LogP contribution in [0.15, 0.2) is 0 Å². The molecule has 1 saturated carbocycles. The Labute approximate surface area is 89.3 Å². The number of hydrogen-bond acceptors (Lipinski definition) is 2. The average Bonchev–Trinajstić information content (AvgIpc) is 2.73. The van der Waals surface area contributed by atoms with Crippen LogP contribution in [0, 0.1) is 17.3 Å². The van der Waals surface area contributed by atoms with Crippen molar-refractivity contribution in [1.29, 1.82) is 0 Å². The minimum atomic E-state index is -0.790. The van der Waals surface area contributed by atoms with Crippen LogP contribution >= 0.6 is 0 Å². The maximum atomic E-state index is 11.9. The van der Waals surface area contributed by atoms with Crippen LogP contribution in [0.5, 0.6) is 0 Å². The molecule has 1 amide bonds. The summed E-state index contributed by atoms with van der Waals surface area (Å²) in [6.07, 6.45) is 1.55. The quantitative estimate of drug-likeness (QED) is 0.740. The largest absolute Gasteiger partial charge is 0.481 e. The number of amides is 1. The first-order chi connectivity index (χ1) is 6.94. The maximum absolute atomic E-state index is 11.9. The van der Waals surface area contributed by atoms with Gasteiger partial charge in [-0.1, -0.05) is 6.92 Å². The van der Waals surface area contributed by atoms with Crippen molar-refractivity contribution in [2.45, 2.75) is 26.7 Å². The number of rotatable bonds is 2. The number of carboxylic acids is 1. The second-order valence-electron chi connectivity index (χ2n) is 5.20. The fourth-order valence-electron chi connectivity index (χ4n) is 2.22. The minimum Gasteiger partial charge on any atom is -0.481 e. The number of hydrogen-bond donors (Lipinski definition) is 1. The lowest BCUT2D eigenvalue weighted by molar-refractivity contribution is -0.147. The summed E-state index contributed by atoms with van der Waals surface area (Å²) in [5, 5.41) is 9.04. The molecule has 0 spiro atoms. The Morgan fingerprint density at radius 3 is 2.47 bits per heavy atom. The Balaban J connectivity index is 1.98. The molecule has 2 rings (SSSR count). The van der Waals surface area contributed by atoms with Crippen molar-refractivity contribution in [2.24, 2.45) is 17.3 Å². The van der Waals surface area contributed by atoms with E-state index in [4.69, 9.17) is 5.11 Å². The van der Waals surface area contributed by atoms with E-state index in [0.717, 1.165) is 6.42 Å². The van der Waals surface area contributed by atoms with Gasteiger partial charge in [0.2, 0.25) is 5.91 Å². The third-order valence-electron chi connectivity index (χ3n) is 3.73. The van der Waals surface area contributed by atoms with Gasteiger partial charge in [0.1, 0.15) is 0 Å². The predicted molar refractivity (Wildman–Crippen MR) is 54.2 cm³/mol. The molecule has 4 nitrogen and oxygen atoms in total. The standard InChI is InChI=1S/C11H17NO3/c1-7-5-8(7)9(13)12-4-3-11(2,6-12)10(14)15/h7-8H,3-6H2,1-2H3,(H,14,15). The molecule has 0 aromatic heterocycles. The smallest absolute Gasteiger partial charge is 0.311 e. The topological polar surface area (TPSA) is 57.6 Å². The van der Waals surface area contributed by atoms with Crippen LogP contribution in [0.3, 0.4) is 0 Å². The highest BCUT2D eigenvalue weighted by Gasteiger charge is 2.47. The maximum Gasteiger partial charge on any atom is 0.311 e. The number of carbonyl (C=O) groups excluding carboxylic acids is 1. The summed E-state index contributed by atoms with van der Waals surface area (Å²) in [6.45, 7) is 4.77. The molecule has 2 aliphatic rings. The zero-order valence-corrected chi connectivity index (χ0v) is 9.19. The van der Waals surface area contributed by atoms with Crippen molar-refractivity contribution in [3.05, 3.63) is 0 Å². The molecule has 1 aliphatic heterocycles. The molecule has 1 N–H and O–H groups in total. The van der Waals surface area contributed by atoms with E-state index in [1.165, 1.54) is 0 Å². The van der Waals surface area contributed by atoms with E-state index in [2.05, 4.69) is 6.92 Å². The van der Waals surface area contributed by atoms with Crippen LogP contribution in [-0.4, -0.2) is 35.0 Å². The summed E-state index contributed by atoms with van der Waals surface area (Å²) < 4.78 is 0. The van der Waals surface area contributed by atoms with Gasteiger partial charge in [-0.2, -0.15) is 0 Å². The van der Waals surface area contributed by atoms with Gasteiger partial charge in [0.15, 0.2) is 0 Å². The minimum absolute atomic E-state index is 0.160. The molecular weight excluding hydrogens is 194 g/mol. The summed E-state index contributed by atoms with van der Waals surface area (Å²) in [4.78, 5) is 24.6. The molecule has 0 radical (unpaired) electrons. The molecule has 3 atom stereocenters. The molecule has 2 fully saturated rings. The first-order valence-electron chi connectivity index (χ1n) is 5.46. The van der Waals surface area contributed by atoms with Gasteiger partial charge in [0.05, 0.1) is 5.41 Å². The van der Waals surface area contributed by atoms with Gasteiger partial charge in [-0.15, -0.1) is 0 Å².